The minimum absolute atomic E-state index is 0.0618. The van der Waals surface area contributed by atoms with Gasteiger partial charge in [0.1, 0.15) is 29.0 Å². The molecule has 3 aliphatic carbocycles. The normalized spacial score (nSPS) is 41.2. The molecule has 1 heterocycles. The van der Waals surface area contributed by atoms with E-state index in [1.54, 1.807) is 41.5 Å². The highest BCUT2D eigenvalue weighted by atomic mass is 16.6. The summed E-state index contributed by atoms with van der Waals surface area (Å²) in [6.07, 6.45) is -6.95. The van der Waals surface area contributed by atoms with Crippen LogP contribution < -0.4 is 5.32 Å². The maximum atomic E-state index is 14.3. The molecule has 0 aromatic heterocycles. The second-order valence-corrected chi connectivity index (χ2v) is 15.2. The first-order valence-electron chi connectivity index (χ1n) is 15.5. The number of alkyl carbamates (subject to hydrolysis) is 1. The molecule has 1 amide bonds. The van der Waals surface area contributed by atoms with E-state index in [1.165, 1.54) is 13.8 Å². The number of fused-ring (bicyclic) bond motifs is 5. The number of nitrogens with one attached hydrogen (secondary N) is 1. The molecule has 4 rings (SSSR count). The number of ether oxygens (including phenoxy) is 4. The average Bonchev–Trinajstić information content (AvgIpc) is 2.88. The van der Waals surface area contributed by atoms with Gasteiger partial charge in [-0.3, -0.25) is 9.59 Å². The summed E-state index contributed by atoms with van der Waals surface area (Å²) in [4.78, 5) is 39.2. The number of Topliss-reactive ketones (excluding diaryl/α,β-unsaturated/α-hetero) is 1. The molecule has 0 aromatic rings. The van der Waals surface area contributed by atoms with Crippen LogP contribution in [-0.2, 0) is 28.5 Å². The molecule has 0 aromatic carbocycles. The fourth-order valence-corrected chi connectivity index (χ4v) is 7.90. The van der Waals surface area contributed by atoms with Crippen LogP contribution in [0.5, 0.6) is 0 Å². The number of carbonyl (C=O) groups is 3. The van der Waals surface area contributed by atoms with Crippen molar-refractivity contribution in [1.29, 1.82) is 0 Å². The molecular weight excluding hydrogens is 574 g/mol. The Morgan fingerprint density at radius 2 is 1.75 bits per heavy atom. The highest BCUT2D eigenvalue weighted by Gasteiger charge is 2.76. The van der Waals surface area contributed by atoms with Crippen molar-refractivity contribution < 1.29 is 53.8 Å². The van der Waals surface area contributed by atoms with Gasteiger partial charge in [-0.2, -0.15) is 0 Å². The second kappa shape index (κ2) is 11.3. The van der Waals surface area contributed by atoms with Crippen LogP contribution in [0.4, 0.5) is 4.79 Å². The third-order valence-electron chi connectivity index (χ3n) is 10.8. The van der Waals surface area contributed by atoms with Crippen molar-refractivity contribution in [2.24, 2.45) is 22.7 Å². The number of ketones is 1. The van der Waals surface area contributed by atoms with Gasteiger partial charge < -0.3 is 44.7 Å². The van der Waals surface area contributed by atoms with Crippen molar-refractivity contribution >= 4 is 17.8 Å². The maximum absolute atomic E-state index is 14.3. The fraction of sp³-hybridized carbons (Fsp3) is 0.844. The Morgan fingerprint density at radius 1 is 1.14 bits per heavy atom. The maximum Gasteiger partial charge on any atom is 0.407 e. The largest absolute Gasteiger partial charge is 0.459 e. The Balaban J connectivity index is 1.75. The van der Waals surface area contributed by atoms with E-state index in [0.717, 1.165) is 0 Å². The van der Waals surface area contributed by atoms with Crippen molar-refractivity contribution in [2.45, 2.75) is 135 Å². The number of carbonyl (C=O) groups excluding carboxylic acids is 3. The van der Waals surface area contributed by atoms with E-state index in [-0.39, 0.29) is 43.6 Å². The summed E-state index contributed by atoms with van der Waals surface area (Å²) in [6.45, 7) is 16.7. The van der Waals surface area contributed by atoms with Crippen LogP contribution in [0.15, 0.2) is 11.1 Å². The first-order chi connectivity index (χ1) is 20.0. The van der Waals surface area contributed by atoms with Gasteiger partial charge in [-0.25, -0.2) is 4.79 Å². The van der Waals surface area contributed by atoms with Crippen molar-refractivity contribution in [3.8, 4) is 0 Å². The highest BCUT2D eigenvalue weighted by Crippen LogP contribution is 2.63. The topological polar surface area (TPSA) is 181 Å². The molecule has 4 aliphatic rings. The fourth-order valence-electron chi connectivity index (χ4n) is 7.90. The van der Waals surface area contributed by atoms with Gasteiger partial charge in [0.2, 0.25) is 0 Å². The number of hydrogen-bond acceptors (Lipinski definition) is 11. The Labute approximate surface area is 259 Å². The van der Waals surface area contributed by atoms with Crippen molar-refractivity contribution in [2.75, 3.05) is 13.2 Å². The lowest BCUT2D eigenvalue weighted by Crippen LogP contribution is -2.81. The minimum atomic E-state index is -1.96. The molecule has 2 saturated carbocycles. The first-order valence-corrected chi connectivity index (χ1v) is 15.5. The third-order valence-corrected chi connectivity index (χ3v) is 10.8. The number of aliphatic hydroxyl groups excluding tert-OH is 2. The zero-order valence-electron chi connectivity index (χ0n) is 27.6. The predicted molar refractivity (Wildman–Crippen MR) is 157 cm³/mol. The third kappa shape index (κ3) is 5.39. The molecule has 1 aliphatic heterocycles. The summed E-state index contributed by atoms with van der Waals surface area (Å²) in [7, 11) is 0. The van der Waals surface area contributed by atoms with Gasteiger partial charge in [0.25, 0.3) is 0 Å². The number of hydrogen-bond donors (Lipinski definition) is 5. The van der Waals surface area contributed by atoms with Crippen LogP contribution in [0.25, 0.3) is 0 Å². The SMILES string of the molecule is CC(=O)O[C@H]1[C@@H]2[C@]3(O)CO[C@@H]3C[C@H](O)[C@@]2(C)C(=O)[C@H](O)C2=C(C)[C@@H](OC[C@H](C)[C@H](C)NC(=O)OC(C)(C)C)C[C@]1(O)C2(C)C. The Morgan fingerprint density at radius 3 is 2.27 bits per heavy atom. The molecule has 2 bridgehead atoms. The molecule has 3 fully saturated rings. The second-order valence-electron chi connectivity index (χ2n) is 15.2. The predicted octanol–water partition coefficient (Wildman–Crippen LogP) is 1.79. The lowest BCUT2D eigenvalue weighted by atomic mass is 9.45. The number of rotatable bonds is 6. The number of esters is 1. The molecular formula is C32H51NO11. The zero-order valence-corrected chi connectivity index (χ0v) is 27.6. The molecule has 44 heavy (non-hydrogen) atoms. The summed E-state index contributed by atoms with van der Waals surface area (Å²) in [5.41, 5.74) is -6.68. The van der Waals surface area contributed by atoms with Gasteiger partial charge >= 0.3 is 12.1 Å². The summed E-state index contributed by atoms with van der Waals surface area (Å²) < 4.78 is 23.2. The van der Waals surface area contributed by atoms with E-state index in [0.29, 0.717) is 5.57 Å². The molecule has 250 valence electrons. The van der Waals surface area contributed by atoms with E-state index >= 15 is 0 Å². The molecule has 11 atom stereocenters. The van der Waals surface area contributed by atoms with Crippen LogP contribution >= 0.6 is 0 Å². The van der Waals surface area contributed by atoms with E-state index in [4.69, 9.17) is 18.9 Å². The molecule has 0 unspecified atom stereocenters. The molecule has 12 heteroatoms. The molecule has 0 spiro atoms. The summed E-state index contributed by atoms with van der Waals surface area (Å²) in [5, 5.41) is 50.7. The van der Waals surface area contributed by atoms with E-state index in [9.17, 15) is 34.8 Å². The van der Waals surface area contributed by atoms with E-state index in [2.05, 4.69) is 5.32 Å². The van der Waals surface area contributed by atoms with Crippen molar-refractivity contribution in [3.05, 3.63) is 11.1 Å². The van der Waals surface area contributed by atoms with Crippen LogP contribution in [0, 0.1) is 22.7 Å². The van der Waals surface area contributed by atoms with Gasteiger partial charge in [0.05, 0.1) is 36.9 Å². The van der Waals surface area contributed by atoms with E-state index in [1.807, 2.05) is 13.8 Å². The molecule has 5 N–H and O–H groups in total. The minimum Gasteiger partial charge on any atom is -0.459 e. The van der Waals surface area contributed by atoms with Crippen LogP contribution in [0.2, 0.25) is 0 Å². The van der Waals surface area contributed by atoms with Crippen LogP contribution in [0.3, 0.4) is 0 Å². The summed E-state index contributed by atoms with van der Waals surface area (Å²) >= 11 is 0. The first kappa shape index (κ1) is 34.8. The van der Waals surface area contributed by atoms with Crippen molar-refractivity contribution in [1.82, 2.24) is 5.32 Å². The summed E-state index contributed by atoms with van der Waals surface area (Å²) in [6, 6.07) is -0.346. The van der Waals surface area contributed by atoms with E-state index < -0.39 is 81.9 Å². The lowest BCUT2D eigenvalue weighted by Gasteiger charge is -2.66. The smallest absolute Gasteiger partial charge is 0.407 e. The molecule has 0 radical (unpaired) electrons. The van der Waals surface area contributed by atoms with Crippen LogP contribution in [-0.4, -0.2) is 105 Å². The average molecular weight is 626 g/mol. The summed E-state index contributed by atoms with van der Waals surface area (Å²) in [5.74, 6) is -2.99. The Bertz CT molecular complexity index is 1210. The van der Waals surface area contributed by atoms with Gasteiger partial charge in [-0.15, -0.1) is 0 Å². The van der Waals surface area contributed by atoms with Crippen LogP contribution in [0.1, 0.15) is 82.1 Å². The highest BCUT2D eigenvalue weighted by molar-refractivity contribution is 5.93. The number of aliphatic hydroxyl groups is 4. The standard InChI is InChI=1S/C32H51NO11/c1-15(17(3)33-27(38)44-28(5,6)7)13-41-19-12-32(40)26(43-18(4)34)24-30(10,20(35)11-21-31(24,39)14-42-21)25(37)23(36)22(16(19)2)29(32,8)9/h15,17,19-21,23-24,26,35-36,39-40H,11-14H2,1-10H3,(H,33,38)/t15-,17-,19-,20-,21+,23+,24-,26-,30+,31-,32+/m0/s1. The monoisotopic (exact) mass is 625 g/mol. The van der Waals surface area contributed by atoms with Gasteiger partial charge in [-0.1, -0.05) is 20.8 Å². The van der Waals surface area contributed by atoms with Gasteiger partial charge in [-0.05, 0) is 58.6 Å². The molecule has 1 saturated heterocycles. The quantitative estimate of drug-likeness (QED) is 0.214. The van der Waals surface area contributed by atoms with Gasteiger partial charge in [0, 0.05) is 37.1 Å². The number of amides is 1. The van der Waals surface area contributed by atoms with Gasteiger partial charge in [0.15, 0.2) is 5.78 Å². The lowest BCUT2D eigenvalue weighted by molar-refractivity contribution is -0.345. The zero-order chi connectivity index (χ0) is 33.4. The Kier molecular flexibility index (Phi) is 8.94. The molecule has 12 nitrogen and oxygen atoms in total. The van der Waals surface area contributed by atoms with Crippen molar-refractivity contribution in [3.63, 3.8) is 0 Å². The Hall–Kier alpha value is -2.09.